The van der Waals surface area contributed by atoms with Gasteiger partial charge in [0.1, 0.15) is 5.82 Å². The van der Waals surface area contributed by atoms with Gasteiger partial charge >= 0.3 is 5.00 Å². The van der Waals surface area contributed by atoms with Gasteiger partial charge in [0.25, 0.3) is 5.91 Å². The predicted octanol–water partition coefficient (Wildman–Crippen LogP) is 5.09. The number of halogens is 1. The van der Waals surface area contributed by atoms with Crippen LogP contribution in [0.15, 0.2) is 41.8 Å². The standard InChI is InChI=1S/C21H22N4O3S.ClH/c1-13-10-19(24-18-5-3-2-4-17(13)18)22-15-6-8-16(9-7-15)23-21(26)14-11-20(25(27)28)29-12-14;/h2-5,10-12,15-16H,6-9H2,1H3,(H,22,24)(H,23,26);1H. The summed E-state index contributed by atoms with van der Waals surface area (Å²) in [6.07, 6.45) is 3.59. The number of nitrogens with zero attached hydrogens (tertiary/aromatic N) is 2. The molecule has 0 atom stereocenters. The Morgan fingerprint density at radius 3 is 2.57 bits per heavy atom. The number of amides is 1. The number of thiophene rings is 1. The third kappa shape index (κ3) is 4.88. The van der Waals surface area contributed by atoms with Crippen molar-refractivity contribution in [3.05, 3.63) is 63.0 Å². The Morgan fingerprint density at radius 2 is 1.87 bits per heavy atom. The Bertz CT molecular complexity index is 1060. The van der Waals surface area contributed by atoms with Crippen molar-refractivity contribution in [2.24, 2.45) is 0 Å². The van der Waals surface area contributed by atoms with Crippen molar-refractivity contribution >= 4 is 51.4 Å². The molecular formula is C21H23ClN4O3S. The van der Waals surface area contributed by atoms with Gasteiger partial charge < -0.3 is 10.6 Å². The average Bonchev–Trinajstić information content (AvgIpc) is 3.20. The Balaban J connectivity index is 0.00000256. The third-order valence-corrected chi connectivity index (χ3v) is 6.25. The zero-order valence-electron chi connectivity index (χ0n) is 16.5. The van der Waals surface area contributed by atoms with Crippen molar-refractivity contribution in [2.45, 2.75) is 44.7 Å². The molecule has 158 valence electrons. The fourth-order valence-corrected chi connectivity index (χ4v) is 4.53. The van der Waals surface area contributed by atoms with Crippen LogP contribution in [0.3, 0.4) is 0 Å². The van der Waals surface area contributed by atoms with Crippen LogP contribution < -0.4 is 10.6 Å². The lowest BCUT2D eigenvalue weighted by Crippen LogP contribution is -2.40. The number of rotatable bonds is 5. The molecule has 2 N–H and O–H groups in total. The first-order valence-electron chi connectivity index (χ1n) is 9.66. The SMILES string of the molecule is Cc1cc(NC2CCC(NC(=O)c3csc([N+](=O)[O-])c3)CC2)nc2ccccc12.Cl. The molecule has 1 fully saturated rings. The molecule has 3 aromatic rings. The van der Waals surface area contributed by atoms with Crippen LogP contribution in [-0.2, 0) is 0 Å². The highest BCUT2D eigenvalue weighted by atomic mass is 35.5. The van der Waals surface area contributed by atoms with Gasteiger partial charge in [-0.1, -0.05) is 29.5 Å². The van der Waals surface area contributed by atoms with Crippen LogP contribution in [-0.4, -0.2) is 27.9 Å². The van der Waals surface area contributed by atoms with Gasteiger partial charge in [-0.3, -0.25) is 14.9 Å². The summed E-state index contributed by atoms with van der Waals surface area (Å²) >= 11 is 0.975. The molecule has 0 radical (unpaired) electrons. The maximum Gasteiger partial charge on any atom is 0.324 e. The molecular weight excluding hydrogens is 424 g/mol. The van der Waals surface area contributed by atoms with E-state index in [-0.39, 0.29) is 29.4 Å². The van der Waals surface area contributed by atoms with Crippen molar-refractivity contribution in [1.29, 1.82) is 0 Å². The maximum absolute atomic E-state index is 12.3. The number of aryl methyl sites for hydroxylation is 1. The van der Waals surface area contributed by atoms with Crippen molar-refractivity contribution in [2.75, 3.05) is 5.32 Å². The minimum atomic E-state index is -0.471. The van der Waals surface area contributed by atoms with E-state index >= 15 is 0 Å². The molecule has 1 aliphatic rings. The summed E-state index contributed by atoms with van der Waals surface area (Å²) in [5, 5.41) is 20.0. The Kier molecular flexibility index (Phi) is 6.89. The number of hydrogen-bond acceptors (Lipinski definition) is 6. The minimum Gasteiger partial charge on any atom is -0.367 e. The van der Waals surface area contributed by atoms with Crippen molar-refractivity contribution in [3.63, 3.8) is 0 Å². The van der Waals surface area contributed by atoms with Crippen LogP contribution >= 0.6 is 23.7 Å². The second-order valence-corrected chi connectivity index (χ2v) is 8.33. The zero-order valence-corrected chi connectivity index (χ0v) is 18.1. The lowest BCUT2D eigenvalue weighted by molar-refractivity contribution is -0.380. The molecule has 30 heavy (non-hydrogen) atoms. The van der Waals surface area contributed by atoms with E-state index in [0.717, 1.165) is 53.7 Å². The molecule has 1 amide bonds. The summed E-state index contributed by atoms with van der Waals surface area (Å²) < 4.78 is 0. The second-order valence-electron chi connectivity index (χ2n) is 7.44. The van der Waals surface area contributed by atoms with E-state index in [1.54, 1.807) is 0 Å². The molecule has 7 nitrogen and oxygen atoms in total. The Hall–Kier alpha value is -2.71. The van der Waals surface area contributed by atoms with Crippen LogP contribution in [0.25, 0.3) is 10.9 Å². The van der Waals surface area contributed by atoms with Crippen molar-refractivity contribution in [3.8, 4) is 0 Å². The number of nitro groups is 1. The van der Waals surface area contributed by atoms with E-state index in [4.69, 9.17) is 4.98 Å². The minimum absolute atomic E-state index is 0. The summed E-state index contributed by atoms with van der Waals surface area (Å²) in [4.78, 5) is 27.4. The van der Waals surface area contributed by atoms with Gasteiger partial charge in [0.15, 0.2) is 0 Å². The van der Waals surface area contributed by atoms with E-state index in [1.165, 1.54) is 17.0 Å². The van der Waals surface area contributed by atoms with Crippen LogP contribution in [0.5, 0.6) is 0 Å². The zero-order chi connectivity index (χ0) is 20.4. The molecule has 9 heteroatoms. The maximum atomic E-state index is 12.3. The molecule has 0 aliphatic heterocycles. The number of nitrogens with one attached hydrogen (secondary N) is 2. The molecule has 2 heterocycles. The molecule has 1 saturated carbocycles. The topological polar surface area (TPSA) is 97.2 Å². The quantitative estimate of drug-likeness (QED) is 0.420. The van der Waals surface area contributed by atoms with Gasteiger partial charge in [0.05, 0.1) is 16.0 Å². The van der Waals surface area contributed by atoms with E-state index < -0.39 is 4.92 Å². The fraction of sp³-hybridized carbons (Fsp3) is 0.333. The highest BCUT2D eigenvalue weighted by Crippen LogP contribution is 2.26. The van der Waals surface area contributed by atoms with Crippen molar-refractivity contribution in [1.82, 2.24) is 10.3 Å². The molecule has 2 aromatic heterocycles. The van der Waals surface area contributed by atoms with Gasteiger partial charge in [-0.15, -0.1) is 12.4 Å². The van der Waals surface area contributed by atoms with Crippen LogP contribution in [0, 0.1) is 17.0 Å². The molecule has 0 unspecified atom stereocenters. The molecule has 0 saturated heterocycles. The Labute approximate surface area is 184 Å². The first kappa shape index (κ1) is 22.0. The molecule has 1 aliphatic carbocycles. The van der Waals surface area contributed by atoms with Crippen LogP contribution in [0.1, 0.15) is 41.6 Å². The molecule has 1 aromatic carbocycles. The summed E-state index contributed by atoms with van der Waals surface area (Å²) in [6.45, 7) is 2.09. The number of hydrogen-bond donors (Lipinski definition) is 2. The number of para-hydroxylation sites is 1. The lowest BCUT2D eigenvalue weighted by Gasteiger charge is -2.30. The van der Waals surface area contributed by atoms with Gasteiger partial charge in [-0.05, 0) is 50.3 Å². The highest BCUT2D eigenvalue weighted by molar-refractivity contribution is 7.13. The number of carbonyl (C=O) groups excluding carboxylic acids is 1. The number of aromatic nitrogens is 1. The average molecular weight is 447 g/mol. The van der Waals surface area contributed by atoms with Crippen LogP contribution in [0.2, 0.25) is 0 Å². The number of carbonyl (C=O) groups is 1. The van der Waals surface area contributed by atoms with E-state index in [0.29, 0.717) is 11.6 Å². The first-order valence-corrected chi connectivity index (χ1v) is 10.5. The van der Waals surface area contributed by atoms with Gasteiger partial charge in [0, 0.05) is 28.9 Å². The fourth-order valence-electron chi connectivity index (χ4n) is 3.82. The molecule has 0 bridgehead atoms. The number of pyridine rings is 1. The normalized spacial score (nSPS) is 18.4. The number of anilines is 1. The third-order valence-electron chi connectivity index (χ3n) is 5.37. The van der Waals surface area contributed by atoms with Crippen LogP contribution in [0.4, 0.5) is 10.8 Å². The van der Waals surface area contributed by atoms with Gasteiger partial charge in [-0.25, -0.2) is 4.98 Å². The van der Waals surface area contributed by atoms with E-state index in [9.17, 15) is 14.9 Å². The summed E-state index contributed by atoms with van der Waals surface area (Å²) in [6, 6.07) is 11.9. The summed E-state index contributed by atoms with van der Waals surface area (Å²) in [5.41, 5.74) is 2.54. The monoisotopic (exact) mass is 446 g/mol. The first-order chi connectivity index (χ1) is 14.0. The van der Waals surface area contributed by atoms with E-state index in [2.05, 4.69) is 29.7 Å². The second kappa shape index (κ2) is 9.40. The number of fused-ring (bicyclic) bond motifs is 1. The van der Waals surface area contributed by atoms with Gasteiger partial charge in [-0.2, -0.15) is 0 Å². The predicted molar refractivity (Wildman–Crippen MR) is 122 cm³/mol. The molecule has 0 spiro atoms. The van der Waals surface area contributed by atoms with E-state index in [1.807, 2.05) is 18.2 Å². The molecule has 4 rings (SSSR count). The van der Waals surface area contributed by atoms with Gasteiger partial charge in [0.2, 0.25) is 0 Å². The lowest BCUT2D eigenvalue weighted by atomic mass is 9.91. The highest BCUT2D eigenvalue weighted by Gasteiger charge is 2.24. The van der Waals surface area contributed by atoms with Crippen molar-refractivity contribution < 1.29 is 9.72 Å². The smallest absolute Gasteiger partial charge is 0.324 e. The number of benzene rings is 1. The Morgan fingerprint density at radius 1 is 1.17 bits per heavy atom. The summed E-state index contributed by atoms with van der Waals surface area (Å²) in [7, 11) is 0. The summed E-state index contributed by atoms with van der Waals surface area (Å²) in [5.74, 6) is 0.650. The largest absolute Gasteiger partial charge is 0.367 e.